The molecule has 0 saturated carbocycles. The van der Waals surface area contributed by atoms with E-state index in [2.05, 4.69) is 5.32 Å². The van der Waals surface area contributed by atoms with Crippen molar-refractivity contribution >= 4 is 28.3 Å². The first-order valence-electron chi connectivity index (χ1n) is 11.9. The number of fused-ring (bicyclic) bond motifs is 2. The third-order valence-corrected chi connectivity index (χ3v) is 6.68. The van der Waals surface area contributed by atoms with E-state index in [0.29, 0.717) is 25.2 Å². The molecule has 34 heavy (non-hydrogen) atoms. The summed E-state index contributed by atoms with van der Waals surface area (Å²) in [6, 6.07) is 10.3. The lowest BCUT2D eigenvalue weighted by molar-refractivity contribution is 0.0903. The van der Waals surface area contributed by atoms with E-state index >= 15 is 0 Å². The zero-order valence-corrected chi connectivity index (χ0v) is 19.5. The summed E-state index contributed by atoms with van der Waals surface area (Å²) in [6.07, 6.45) is 1.58. The average Bonchev–Trinajstić information content (AvgIpc) is 3.45. The van der Waals surface area contributed by atoms with Crippen molar-refractivity contribution in [2.24, 2.45) is 0 Å². The van der Waals surface area contributed by atoms with Crippen molar-refractivity contribution in [2.45, 2.75) is 45.3 Å². The maximum Gasteiger partial charge on any atom is 0.160 e. The van der Waals surface area contributed by atoms with Gasteiger partial charge in [0.1, 0.15) is 29.2 Å². The highest BCUT2D eigenvalue weighted by molar-refractivity contribution is 5.79. The van der Waals surface area contributed by atoms with Gasteiger partial charge in [-0.25, -0.2) is 19.3 Å². The fraction of sp³-hybridized carbons (Fsp3) is 0.440. The third kappa shape index (κ3) is 3.94. The van der Waals surface area contributed by atoms with Crippen LogP contribution in [0.15, 0.2) is 30.3 Å². The zero-order chi connectivity index (χ0) is 23.2. The van der Waals surface area contributed by atoms with Gasteiger partial charge in [-0.2, -0.15) is 9.61 Å². The lowest BCUT2D eigenvalue weighted by Gasteiger charge is -2.25. The van der Waals surface area contributed by atoms with Crippen LogP contribution in [0, 0.1) is 13.8 Å². The number of hydrogen-bond acceptors (Lipinski definition) is 7. The molecule has 1 atom stereocenters. The first kappa shape index (κ1) is 21.2. The molecule has 2 aliphatic rings. The molecular formula is C25H28FN7O. The largest absolute Gasteiger partial charge is 0.381 e. The summed E-state index contributed by atoms with van der Waals surface area (Å²) >= 11 is 0. The summed E-state index contributed by atoms with van der Waals surface area (Å²) in [5.74, 6) is 1.62. The highest BCUT2D eigenvalue weighted by atomic mass is 19.1. The Morgan fingerprint density at radius 3 is 2.65 bits per heavy atom. The molecule has 2 saturated heterocycles. The minimum Gasteiger partial charge on any atom is -0.381 e. The van der Waals surface area contributed by atoms with Crippen molar-refractivity contribution < 1.29 is 9.13 Å². The summed E-state index contributed by atoms with van der Waals surface area (Å²) in [5.41, 5.74) is 5.85. The normalized spacial score (nSPS) is 19.4. The Labute approximate surface area is 197 Å². The average molecular weight is 462 g/mol. The highest BCUT2D eigenvalue weighted by Gasteiger charge is 2.25. The molecule has 5 heterocycles. The summed E-state index contributed by atoms with van der Waals surface area (Å²) in [5, 5.41) is 8.52. The van der Waals surface area contributed by atoms with Crippen molar-refractivity contribution in [3.8, 4) is 11.4 Å². The molecule has 1 aromatic carbocycles. The van der Waals surface area contributed by atoms with Crippen LogP contribution in [0.4, 0.5) is 16.0 Å². The molecule has 1 N–H and O–H groups in total. The van der Waals surface area contributed by atoms with Crippen LogP contribution in [0.5, 0.6) is 0 Å². The van der Waals surface area contributed by atoms with Crippen LogP contribution in [0.1, 0.15) is 30.5 Å². The lowest BCUT2D eigenvalue weighted by Crippen LogP contribution is -2.29. The standard InChI is InChI=1S/C25H28FN7O/c1-15-3-4-19-20(11-15)27-16(2)25(29-19)21-12-23-30-22(32-8-5-17(26)14-32)13-24(33(23)31-21)28-18-6-9-34-10-7-18/h3-4,11-13,17-18,28H,5-10,14H2,1-2H3/t17-/m1/s1. The maximum atomic E-state index is 13.9. The molecule has 2 aliphatic heterocycles. The first-order chi connectivity index (χ1) is 16.5. The molecule has 0 amide bonds. The van der Waals surface area contributed by atoms with E-state index in [1.54, 1.807) is 0 Å². The molecule has 2 fully saturated rings. The van der Waals surface area contributed by atoms with Gasteiger partial charge in [0.15, 0.2) is 5.65 Å². The van der Waals surface area contributed by atoms with Gasteiger partial charge in [0, 0.05) is 37.9 Å². The summed E-state index contributed by atoms with van der Waals surface area (Å²) in [4.78, 5) is 16.5. The van der Waals surface area contributed by atoms with E-state index in [-0.39, 0.29) is 6.04 Å². The molecule has 8 nitrogen and oxygen atoms in total. The second-order valence-electron chi connectivity index (χ2n) is 9.31. The van der Waals surface area contributed by atoms with E-state index in [1.165, 1.54) is 0 Å². The van der Waals surface area contributed by atoms with Gasteiger partial charge in [0.2, 0.25) is 0 Å². The SMILES string of the molecule is Cc1ccc2nc(-c3cc4nc(N5CC[C@@H](F)C5)cc(NC5CCOCC5)n4n3)c(C)nc2c1. The maximum absolute atomic E-state index is 13.9. The monoisotopic (exact) mass is 461 g/mol. The van der Waals surface area contributed by atoms with Crippen molar-refractivity contribution in [3.63, 3.8) is 0 Å². The number of ether oxygens (including phenoxy) is 1. The van der Waals surface area contributed by atoms with E-state index in [9.17, 15) is 4.39 Å². The number of alkyl halides is 1. The Balaban J connectivity index is 1.45. The van der Waals surface area contributed by atoms with Gasteiger partial charge in [-0.05, 0) is 50.8 Å². The number of anilines is 2. The van der Waals surface area contributed by atoms with Crippen molar-refractivity contribution in [1.29, 1.82) is 0 Å². The Morgan fingerprint density at radius 1 is 1.00 bits per heavy atom. The number of hydrogen-bond donors (Lipinski definition) is 1. The molecule has 0 unspecified atom stereocenters. The Kier molecular flexibility index (Phi) is 5.28. The van der Waals surface area contributed by atoms with Crippen LogP contribution in [-0.4, -0.2) is 63.1 Å². The number of aryl methyl sites for hydroxylation is 2. The van der Waals surface area contributed by atoms with Crippen LogP contribution < -0.4 is 10.2 Å². The van der Waals surface area contributed by atoms with E-state index in [0.717, 1.165) is 71.4 Å². The van der Waals surface area contributed by atoms with Crippen LogP contribution in [0.3, 0.4) is 0 Å². The van der Waals surface area contributed by atoms with Gasteiger partial charge in [-0.3, -0.25) is 0 Å². The molecular weight excluding hydrogens is 433 g/mol. The molecule has 0 spiro atoms. The topological polar surface area (TPSA) is 80.5 Å². The minimum absolute atomic E-state index is 0.290. The smallest absolute Gasteiger partial charge is 0.160 e. The van der Waals surface area contributed by atoms with Crippen molar-refractivity contribution in [1.82, 2.24) is 24.6 Å². The molecule has 3 aromatic heterocycles. The van der Waals surface area contributed by atoms with E-state index in [4.69, 9.17) is 24.8 Å². The molecule has 4 aromatic rings. The third-order valence-electron chi connectivity index (χ3n) is 6.68. The molecule has 176 valence electrons. The molecule has 6 rings (SSSR count). The van der Waals surface area contributed by atoms with Crippen LogP contribution in [-0.2, 0) is 4.74 Å². The number of rotatable bonds is 4. The second-order valence-corrected chi connectivity index (χ2v) is 9.31. The van der Waals surface area contributed by atoms with Gasteiger partial charge in [0.25, 0.3) is 0 Å². The van der Waals surface area contributed by atoms with Crippen molar-refractivity contribution in [2.75, 3.05) is 36.5 Å². The summed E-state index contributed by atoms with van der Waals surface area (Å²) in [6.45, 7) is 6.52. The molecule has 0 radical (unpaired) electrons. The van der Waals surface area contributed by atoms with Gasteiger partial charge < -0.3 is 15.0 Å². The van der Waals surface area contributed by atoms with Gasteiger partial charge in [0.05, 0.1) is 23.3 Å². The molecule has 9 heteroatoms. The Bertz CT molecular complexity index is 1360. The number of aromatic nitrogens is 5. The van der Waals surface area contributed by atoms with Crippen LogP contribution >= 0.6 is 0 Å². The number of benzene rings is 1. The van der Waals surface area contributed by atoms with Crippen LogP contribution in [0.2, 0.25) is 0 Å². The molecule has 0 aliphatic carbocycles. The summed E-state index contributed by atoms with van der Waals surface area (Å²) < 4.78 is 21.3. The van der Waals surface area contributed by atoms with E-state index in [1.807, 2.05) is 53.6 Å². The quantitative estimate of drug-likeness (QED) is 0.490. The Morgan fingerprint density at radius 2 is 1.85 bits per heavy atom. The highest BCUT2D eigenvalue weighted by Crippen LogP contribution is 2.29. The van der Waals surface area contributed by atoms with Crippen LogP contribution in [0.25, 0.3) is 28.1 Å². The number of nitrogens with zero attached hydrogens (tertiary/aromatic N) is 6. The fourth-order valence-electron chi connectivity index (χ4n) is 4.81. The van der Waals surface area contributed by atoms with E-state index < -0.39 is 6.17 Å². The first-order valence-corrected chi connectivity index (χ1v) is 11.9. The predicted octanol–water partition coefficient (Wildman–Crippen LogP) is 4.10. The predicted molar refractivity (Wildman–Crippen MR) is 130 cm³/mol. The van der Waals surface area contributed by atoms with Gasteiger partial charge >= 0.3 is 0 Å². The Hall–Kier alpha value is -3.33. The number of halogens is 1. The molecule has 0 bridgehead atoms. The number of nitrogens with one attached hydrogen (secondary N) is 1. The van der Waals surface area contributed by atoms with Gasteiger partial charge in [-0.15, -0.1) is 0 Å². The lowest BCUT2D eigenvalue weighted by atomic mass is 10.1. The zero-order valence-electron chi connectivity index (χ0n) is 19.5. The van der Waals surface area contributed by atoms with Crippen molar-refractivity contribution in [3.05, 3.63) is 41.6 Å². The minimum atomic E-state index is -0.815. The second kappa shape index (κ2) is 8.47. The summed E-state index contributed by atoms with van der Waals surface area (Å²) in [7, 11) is 0. The fourth-order valence-corrected chi connectivity index (χ4v) is 4.81. The van der Waals surface area contributed by atoms with Gasteiger partial charge in [-0.1, -0.05) is 6.07 Å².